The number of nitrogens with one attached hydrogen (secondary N) is 1. The summed E-state index contributed by atoms with van der Waals surface area (Å²) < 4.78 is 14.2. The maximum absolute atomic E-state index is 14.2. The number of nitrogens with zero attached hydrogens (tertiary/aromatic N) is 1. The summed E-state index contributed by atoms with van der Waals surface area (Å²) in [4.78, 5) is 2.18. The molecule has 0 amide bonds. The molecule has 1 fully saturated rings. The summed E-state index contributed by atoms with van der Waals surface area (Å²) in [5, 5.41) is 3.57. The Kier molecular flexibility index (Phi) is 4.20. The van der Waals surface area contributed by atoms with Crippen molar-refractivity contribution in [1.82, 2.24) is 5.32 Å². The lowest BCUT2D eigenvalue weighted by atomic mass is 10.1. The standard InChI is InChI=1S/C18H21FN2/c1-14-7-5-10-16(19)18(14)21-12-6-11-20-17(13-21)15-8-3-2-4-9-15/h2-5,7-10,17,20H,6,11-13H2,1H3. The fraction of sp³-hybridized carbons (Fsp3) is 0.333. The number of aryl methyl sites for hydroxylation is 1. The van der Waals surface area contributed by atoms with Crippen molar-refractivity contribution in [3.63, 3.8) is 0 Å². The molecule has 21 heavy (non-hydrogen) atoms. The minimum atomic E-state index is -0.122. The molecule has 0 spiro atoms. The molecule has 3 rings (SSSR count). The average molecular weight is 284 g/mol. The number of halogens is 1. The van der Waals surface area contributed by atoms with Gasteiger partial charge in [-0.3, -0.25) is 0 Å². The molecule has 2 aromatic rings. The first-order valence-corrected chi connectivity index (χ1v) is 7.54. The smallest absolute Gasteiger partial charge is 0.146 e. The first-order valence-electron chi connectivity index (χ1n) is 7.54. The Morgan fingerprint density at radius 3 is 2.67 bits per heavy atom. The van der Waals surface area contributed by atoms with Gasteiger partial charge < -0.3 is 10.2 Å². The summed E-state index contributed by atoms with van der Waals surface area (Å²) in [7, 11) is 0. The molecular weight excluding hydrogens is 263 g/mol. The third-order valence-corrected chi connectivity index (χ3v) is 4.11. The summed E-state index contributed by atoms with van der Waals surface area (Å²) in [6.45, 7) is 4.63. The van der Waals surface area contributed by atoms with Gasteiger partial charge in [-0.1, -0.05) is 42.5 Å². The second-order valence-electron chi connectivity index (χ2n) is 5.62. The van der Waals surface area contributed by atoms with Crippen molar-refractivity contribution in [2.45, 2.75) is 19.4 Å². The Labute approximate surface area is 125 Å². The number of para-hydroxylation sites is 1. The second-order valence-corrected chi connectivity index (χ2v) is 5.62. The predicted molar refractivity (Wildman–Crippen MR) is 85.2 cm³/mol. The molecule has 1 unspecified atom stereocenters. The highest BCUT2D eigenvalue weighted by Gasteiger charge is 2.22. The summed E-state index contributed by atoms with van der Waals surface area (Å²) >= 11 is 0. The SMILES string of the molecule is Cc1cccc(F)c1N1CCCNC(c2ccccc2)C1. The molecule has 0 aliphatic carbocycles. The van der Waals surface area contributed by atoms with E-state index in [0.717, 1.165) is 37.3 Å². The molecule has 0 saturated carbocycles. The van der Waals surface area contributed by atoms with Gasteiger partial charge in [0.25, 0.3) is 0 Å². The van der Waals surface area contributed by atoms with Crippen molar-refractivity contribution >= 4 is 5.69 Å². The van der Waals surface area contributed by atoms with Crippen molar-refractivity contribution in [2.24, 2.45) is 0 Å². The highest BCUT2D eigenvalue weighted by Crippen LogP contribution is 2.27. The van der Waals surface area contributed by atoms with E-state index in [0.29, 0.717) is 0 Å². The van der Waals surface area contributed by atoms with E-state index in [1.807, 2.05) is 19.1 Å². The van der Waals surface area contributed by atoms with Gasteiger partial charge in [0.15, 0.2) is 0 Å². The molecule has 0 aromatic heterocycles. The summed E-state index contributed by atoms with van der Waals surface area (Å²) in [5.74, 6) is -0.122. The predicted octanol–water partition coefficient (Wildman–Crippen LogP) is 3.68. The first kappa shape index (κ1) is 14.1. The van der Waals surface area contributed by atoms with Gasteiger partial charge in [-0.2, -0.15) is 0 Å². The van der Waals surface area contributed by atoms with Crippen LogP contribution < -0.4 is 10.2 Å². The fourth-order valence-corrected chi connectivity index (χ4v) is 3.06. The molecule has 1 aliphatic heterocycles. The minimum absolute atomic E-state index is 0.122. The maximum Gasteiger partial charge on any atom is 0.146 e. The Hall–Kier alpha value is -1.87. The van der Waals surface area contributed by atoms with Crippen LogP contribution in [-0.4, -0.2) is 19.6 Å². The lowest BCUT2D eigenvalue weighted by Gasteiger charge is -2.28. The summed E-state index contributed by atoms with van der Waals surface area (Å²) in [6, 6.07) is 16.0. The van der Waals surface area contributed by atoms with Crippen LogP contribution in [0.5, 0.6) is 0 Å². The van der Waals surface area contributed by atoms with Crippen molar-refractivity contribution < 1.29 is 4.39 Å². The molecule has 1 N–H and O–H groups in total. The zero-order valence-corrected chi connectivity index (χ0v) is 12.3. The third-order valence-electron chi connectivity index (χ3n) is 4.11. The summed E-state index contributed by atoms with van der Waals surface area (Å²) in [5.41, 5.74) is 3.02. The third kappa shape index (κ3) is 3.08. The quantitative estimate of drug-likeness (QED) is 0.905. The van der Waals surface area contributed by atoms with Gasteiger partial charge in [0.1, 0.15) is 5.82 Å². The molecule has 2 aromatic carbocycles. The van der Waals surface area contributed by atoms with Gasteiger partial charge in [0.2, 0.25) is 0 Å². The van der Waals surface area contributed by atoms with Crippen molar-refractivity contribution in [3.8, 4) is 0 Å². The van der Waals surface area contributed by atoms with Crippen molar-refractivity contribution in [2.75, 3.05) is 24.5 Å². The molecule has 0 radical (unpaired) electrons. The van der Waals surface area contributed by atoms with E-state index in [9.17, 15) is 4.39 Å². The van der Waals surface area contributed by atoms with Gasteiger partial charge in [-0.15, -0.1) is 0 Å². The van der Waals surface area contributed by atoms with Gasteiger partial charge in [-0.25, -0.2) is 4.39 Å². The van der Waals surface area contributed by atoms with Crippen LogP contribution in [0.1, 0.15) is 23.6 Å². The molecule has 1 saturated heterocycles. The highest BCUT2D eigenvalue weighted by molar-refractivity contribution is 5.54. The molecule has 110 valence electrons. The zero-order chi connectivity index (χ0) is 14.7. The molecule has 3 heteroatoms. The van der Waals surface area contributed by atoms with Crippen LogP contribution in [0.25, 0.3) is 0 Å². The molecule has 2 nitrogen and oxygen atoms in total. The highest BCUT2D eigenvalue weighted by atomic mass is 19.1. The number of anilines is 1. The van der Waals surface area contributed by atoms with E-state index in [2.05, 4.69) is 34.5 Å². The van der Waals surface area contributed by atoms with Crippen LogP contribution in [0.15, 0.2) is 48.5 Å². The molecule has 1 aliphatic rings. The van der Waals surface area contributed by atoms with E-state index in [1.54, 1.807) is 12.1 Å². The van der Waals surface area contributed by atoms with Crippen molar-refractivity contribution in [1.29, 1.82) is 0 Å². The van der Waals surface area contributed by atoms with E-state index >= 15 is 0 Å². The number of rotatable bonds is 2. The monoisotopic (exact) mass is 284 g/mol. The van der Waals surface area contributed by atoms with Crippen LogP contribution in [0.3, 0.4) is 0 Å². The number of benzene rings is 2. The minimum Gasteiger partial charge on any atom is -0.367 e. The van der Waals surface area contributed by atoms with Gasteiger partial charge in [0, 0.05) is 19.1 Å². The Morgan fingerprint density at radius 2 is 1.90 bits per heavy atom. The molecule has 1 atom stereocenters. The number of hydrogen-bond acceptors (Lipinski definition) is 2. The Morgan fingerprint density at radius 1 is 1.10 bits per heavy atom. The van der Waals surface area contributed by atoms with Crippen LogP contribution in [0.2, 0.25) is 0 Å². The topological polar surface area (TPSA) is 15.3 Å². The Bertz CT molecular complexity index is 577. The van der Waals surface area contributed by atoms with Crippen LogP contribution in [0.4, 0.5) is 10.1 Å². The lowest BCUT2D eigenvalue weighted by molar-refractivity contribution is 0.564. The fourth-order valence-electron chi connectivity index (χ4n) is 3.06. The second kappa shape index (κ2) is 6.27. The Balaban J connectivity index is 1.89. The first-order chi connectivity index (χ1) is 10.3. The summed E-state index contributed by atoms with van der Waals surface area (Å²) in [6.07, 6.45) is 1.02. The van der Waals surface area contributed by atoms with Gasteiger partial charge >= 0.3 is 0 Å². The number of hydrogen-bond donors (Lipinski definition) is 1. The van der Waals surface area contributed by atoms with E-state index < -0.39 is 0 Å². The normalized spacial score (nSPS) is 19.3. The van der Waals surface area contributed by atoms with E-state index in [4.69, 9.17) is 0 Å². The zero-order valence-electron chi connectivity index (χ0n) is 12.3. The van der Waals surface area contributed by atoms with E-state index in [1.165, 1.54) is 5.56 Å². The molecule has 1 heterocycles. The van der Waals surface area contributed by atoms with Crippen LogP contribution >= 0.6 is 0 Å². The average Bonchev–Trinajstić information content (AvgIpc) is 2.74. The maximum atomic E-state index is 14.2. The van der Waals surface area contributed by atoms with Crippen LogP contribution in [-0.2, 0) is 0 Å². The largest absolute Gasteiger partial charge is 0.367 e. The van der Waals surface area contributed by atoms with E-state index in [-0.39, 0.29) is 11.9 Å². The van der Waals surface area contributed by atoms with Crippen molar-refractivity contribution in [3.05, 3.63) is 65.5 Å². The molecule has 0 bridgehead atoms. The molecular formula is C18H21FN2. The van der Waals surface area contributed by atoms with Gasteiger partial charge in [-0.05, 0) is 37.1 Å². The van der Waals surface area contributed by atoms with Crippen LogP contribution in [0, 0.1) is 12.7 Å². The van der Waals surface area contributed by atoms with Gasteiger partial charge in [0.05, 0.1) is 5.69 Å². The lowest BCUT2D eigenvalue weighted by Crippen LogP contribution is -2.32.